The summed E-state index contributed by atoms with van der Waals surface area (Å²) in [4.78, 5) is 12.2. The van der Waals surface area contributed by atoms with Crippen LogP contribution >= 0.6 is 0 Å². The third-order valence-electron chi connectivity index (χ3n) is 3.38. The number of hydrogen-bond acceptors (Lipinski definition) is 5. The van der Waals surface area contributed by atoms with Crippen LogP contribution in [0.2, 0.25) is 0 Å². The van der Waals surface area contributed by atoms with Crippen LogP contribution in [-0.4, -0.2) is 38.1 Å². The van der Waals surface area contributed by atoms with Gasteiger partial charge in [-0.2, -0.15) is 5.26 Å². The van der Waals surface area contributed by atoms with E-state index in [0.717, 1.165) is 5.56 Å². The molecule has 0 radical (unpaired) electrons. The first-order chi connectivity index (χ1) is 10.8. The molecule has 1 aromatic carbocycles. The Kier molecular flexibility index (Phi) is 5.24. The maximum atomic E-state index is 12.2. The summed E-state index contributed by atoms with van der Waals surface area (Å²) in [5.41, 5.74) is -0.0734. The van der Waals surface area contributed by atoms with Gasteiger partial charge in [-0.1, -0.05) is 12.1 Å². The van der Waals surface area contributed by atoms with Crippen LogP contribution in [0.3, 0.4) is 0 Å². The highest BCUT2D eigenvalue weighted by molar-refractivity contribution is 5.69. The number of nitrogens with zero attached hydrogens (tertiary/aromatic N) is 1. The number of benzene rings is 1. The number of hydrogen-bond donors (Lipinski definition) is 1. The Morgan fingerprint density at radius 2 is 1.78 bits per heavy atom. The van der Waals surface area contributed by atoms with Crippen LogP contribution < -0.4 is 5.32 Å². The monoisotopic (exact) mass is 318 g/mol. The molecule has 6 heteroatoms. The van der Waals surface area contributed by atoms with Gasteiger partial charge in [0, 0.05) is 0 Å². The minimum absolute atomic E-state index is 0.276. The van der Waals surface area contributed by atoms with Gasteiger partial charge in [-0.15, -0.1) is 0 Å². The van der Waals surface area contributed by atoms with Crippen LogP contribution in [-0.2, 0) is 19.7 Å². The van der Waals surface area contributed by atoms with Gasteiger partial charge in [0.25, 0.3) is 0 Å². The summed E-state index contributed by atoms with van der Waals surface area (Å²) in [6.45, 7) is 6.90. The van der Waals surface area contributed by atoms with E-state index in [-0.39, 0.29) is 13.2 Å². The highest BCUT2D eigenvalue weighted by Gasteiger charge is 2.37. The van der Waals surface area contributed by atoms with Gasteiger partial charge in [0.15, 0.2) is 0 Å². The van der Waals surface area contributed by atoms with E-state index < -0.39 is 17.2 Å². The average Bonchev–Trinajstić information content (AvgIpc) is 2.72. The summed E-state index contributed by atoms with van der Waals surface area (Å²) >= 11 is 0. The van der Waals surface area contributed by atoms with Crippen LogP contribution in [0.25, 0.3) is 0 Å². The predicted molar refractivity (Wildman–Crippen MR) is 83.8 cm³/mol. The van der Waals surface area contributed by atoms with E-state index in [9.17, 15) is 4.79 Å². The largest absolute Gasteiger partial charge is 0.444 e. The lowest BCUT2D eigenvalue weighted by atomic mass is 9.91. The van der Waals surface area contributed by atoms with E-state index in [1.165, 1.54) is 0 Å². The van der Waals surface area contributed by atoms with E-state index in [4.69, 9.17) is 19.5 Å². The quantitative estimate of drug-likeness (QED) is 0.905. The third-order valence-corrected chi connectivity index (χ3v) is 3.38. The Labute approximate surface area is 136 Å². The topological polar surface area (TPSA) is 80.6 Å². The lowest BCUT2D eigenvalue weighted by Gasteiger charge is -2.34. The number of carbonyl (C=O) groups is 1. The first-order valence-corrected chi connectivity index (χ1v) is 7.52. The smallest absolute Gasteiger partial charge is 0.408 e. The molecule has 0 atom stereocenters. The minimum Gasteiger partial charge on any atom is -0.444 e. The molecule has 6 nitrogen and oxygen atoms in total. The van der Waals surface area contributed by atoms with Crippen molar-refractivity contribution in [1.82, 2.24) is 5.32 Å². The van der Waals surface area contributed by atoms with Gasteiger partial charge in [0.1, 0.15) is 11.1 Å². The van der Waals surface area contributed by atoms with E-state index in [1.807, 2.05) is 0 Å². The molecular formula is C17H22N2O4. The SMILES string of the molecule is CC(C)(C)OC(=O)NC1(c2ccc(C#N)cc2)COCCOC1. The highest BCUT2D eigenvalue weighted by Crippen LogP contribution is 2.25. The van der Waals surface area contributed by atoms with E-state index in [1.54, 1.807) is 45.0 Å². The molecular weight excluding hydrogens is 296 g/mol. The number of amides is 1. The van der Waals surface area contributed by atoms with Crippen molar-refractivity contribution in [3.63, 3.8) is 0 Å². The predicted octanol–water partition coefficient (Wildman–Crippen LogP) is 2.33. The van der Waals surface area contributed by atoms with Crippen LogP contribution in [0.1, 0.15) is 31.9 Å². The lowest BCUT2D eigenvalue weighted by Crippen LogP contribution is -2.53. The zero-order valence-corrected chi connectivity index (χ0v) is 13.7. The Morgan fingerprint density at radius 3 is 2.26 bits per heavy atom. The van der Waals surface area contributed by atoms with Gasteiger partial charge >= 0.3 is 6.09 Å². The fourth-order valence-electron chi connectivity index (χ4n) is 2.33. The van der Waals surface area contributed by atoms with Crippen molar-refractivity contribution >= 4 is 6.09 Å². The summed E-state index contributed by atoms with van der Waals surface area (Å²) in [6.07, 6.45) is -0.532. The van der Waals surface area contributed by atoms with Gasteiger partial charge in [0.2, 0.25) is 0 Å². The van der Waals surface area contributed by atoms with E-state index in [2.05, 4.69) is 11.4 Å². The van der Waals surface area contributed by atoms with Crippen molar-refractivity contribution in [1.29, 1.82) is 5.26 Å². The molecule has 2 rings (SSSR count). The zero-order chi connectivity index (χ0) is 16.9. The number of nitrogens with one attached hydrogen (secondary N) is 1. The molecule has 0 bridgehead atoms. The molecule has 1 N–H and O–H groups in total. The molecule has 1 heterocycles. The molecule has 0 unspecified atom stereocenters. The van der Waals surface area contributed by atoms with E-state index in [0.29, 0.717) is 18.8 Å². The molecule has 1 aromatic rings. The van der Waals surface area contributed by atoms with Gasteiger partial charge in [0.05, 0.1) is 38.1 Å². The zero-order valence-electron chi connectivity index (χ0n) is 13.7. The first-order valence-electron chi connectivity index (χ1n) is 7.52. The third kappa shape index (κ3) is 4.68. The Balaban J connectivity index is 2.27. The van der Waals surface area contributed by atoms with Gasteiger partial charge in [-0.05, 0) is 38.5 Å². The fourth-order valence-corrected chi connectivity index (χ4v) is 2.33. The summed E-state index contributed by atoms with van der Waals surface area (Å²) in [7, 11) is 0. The van der Waals surface area contributed by atoms with Crippen LogP contribution in [0.5, 0.6) is 0 Å². The molecule has 0 aliphatic carbocycles. The Morgan fingerprint density at radius 1 is 1.22 bits per heavy atom. The van der Waals surface area contributed by atoms with Crippen molar-refractivity contribution < 1.29 is 19.0 Å². The second-order valence-corrected chi connectivity index (χ2v) is 6.50. The number of ether oxygens (including phenoxy) is 3. The highest BCUT2D eigenvalue weighted by atomic mass is 16.6. The van der Waals surface area contributed by atoms with Gasteiger partial charge in [-0.25, -0.2) is 4.79 Å². The molecule has 1 fully saturated rings. The summed E-state index contributed by atoms with van der Waals surface area (Å²) in [5, 5.41) is 11.8. The Bertz CT molecular complexity index is 576. The van der Waals surface area contributed by atoms with Crippen LogP contribution in [0.4, 0.5) is 4.79 Å². The van der Waals surface area contributed by atoms with E-state index >= 15 is 0 Å². The molecule has 1 aliphatic rings. The Hall–Kier alpha value is -2.10. The molecule has 0 aromatic heterocycles. The van der Waals surface area contributed by atoms with Crippen molar-refractivity contribution in [2.24, 2.45) is 0 Å². The summed E-state index contributed by atoms with van der Waals surface area (Å²) < 4.78 is 16.5. The van der Waals surface area contributed by atoms with Crippen molar-refractivity contribution in [3.8, 4) is 6.07 Å². The summed E-state index contributed by atoms with van der Waals surface area (Å²) in [6, 6.07) is 9.09. The first kappa shape index (κ1) is 17.3. The van der Waals surface area contributed by atoms with Crippen molar-refractivity contribution in [3.05, 3.63) is 35.4 Å². The van der Waals surface area contributed by atoms with Crippen LogP contribution in [0, 0.1) is 11.3 Å². The van der Waals surface area contributed by atoms with Gasteiger partial charge in [-0.3, -0.25) is 0 Å². The average molecular weight is 318 g/mol. The van der Waals surface area contributed by atoms with Crippen molar-refractivity contribution in [2.75, 3.05) is 26.4 Å². The molecule has 1 aliphatic heterocycles. The number of nitriles is 1. The van der Waals surface area contributed by atoms with Crippen molar-refractivity contribution in [2.45, 2.75) is 31.9 Å². The maximum absolute atomic E-state index is 12.2. The number of carbonyl (C=O) groups excluding carboxylic acids is 1. The number of rotatable bonds is 2. The molecule has 0 saturated carbocycles. The normalized spacial score (nSPS) is 17.7. The lowest BCUT2D eigenvalue weighted by molar-refractivity contribution is 0.0281. The molecule has 124 valence electrons. The van der Waals surface area contributed by atoms with Crippen LogP contribution in [0.15, 0.2) is 24.3 Å². The molecule has 0 spiro atoms. The fraction of sp³-hybridized carbons (Fsp3) is 0.529. The standard InChI is InChI=1S/C17H22N2O4/c1-16(2,3)23-15(20)19-17(11-21-8-9-22-12-17)14-6-4-13(10-18)5-7-14/h4-7H,8-9,11-12H2,1-3H3,(H,19,20). The molecule has 1 saturated heterocycles. The second-order valence-electron chi connectivity index (χ2n) is 6.50. The minimum atomic E-state index is -0.840. The molecule has 1 amide bonds. The number of alkyl carbamates (subject to hydrolysis) is 1. The summed E-state index contributed by atoms with van der Waals surface area (Å²) in [5.74, 6) is 0. The maximum Gasteiger partial charge on any atom is 0.408 e. The van der Waals surface area contributed by atoms with Gasteiger partial charge < -0.3 is 19.5 Å². The second kappa shape index (κ2) is 6.99. The molecule has 23 heavy (non-hydrogen) atoms.